The molecule has 2 amide bonds. The molecule has 31 heavy (non-hydrogen) atoms. The molecule has 1 aromatic carbocycles. The van der Waals surface area contributed by atoms with Gasteiger partial charge in [0, 0.05) is 12.1 Å². The van der Waals surface area contributed by atoms with Crippen molar-refractivity contribution in [2.24, 2.45) is 4.36 Å². The van der Waals surface area contributed by atoms with Crippen molar-refractivity contribution in [3.63, 3.8) is 0 Å². The molecule has 2 N–H and O–H groups in total. The molecule has 168 valence electrons. The number of aliphatic hydroxyl groups is 1. The van der Waals surface area contributed by atoms with Crippen LogP contribution in [0, 0.1) is 0 Å². The van der Waals surface area contributed by atoms with E-state index in [0.717, 1.165) is 11.3 Å². The number of carbonyl (C=O) groups excluding carboxylic acids is 1. The second kappa shape index (κ2) is 9.01. The van der Waals surface area contributed by atoms with Gasteiger partial charge in [0.1, 0.15) is 16.4 Å². The second-order valence-electron chi connectivity index (χ2n) is 7.73. The van der Waals surface area contributed by atoms with Crippen LogP contribution in [0.2, 0.25) is 0 Å². The molecule has 3 rings (SSSR count). The number of anilines is 1. The van der Waals surface area contributed by atoms with Crippen LogP contribution < -0.4 is 10.1 Å². The van der Waals surface area contributed by atoms with Gasteiger partial charge >= 0.3 is 12.6 Å². The van der Waals surface area contributed by atoms with Gasteiger partial charge < -0.3 is 23.7 Å². The average molecular weight is 471 g/mol. The van der Waals surface area contributed by atoms with E-state index >= 15 is 0 Å². The number of carbonyl (C=O) groups is 1. The summed E-state index contributed by atoms with van der Waals surface area (Å²) in [4.78, 5) is 16.5. The molecule has 0 aliphatic heterocycles. The molecule has 0 unspecified atom stereocenters. The Bertz CT molecular complexity index is 1070. The summed E-state index contributed by atoms with van der Waals surface area (Å²) in [6.07, 6.45) is 5.01. The number of hydrogen-bond donors (Lipinski definition) is 2. The Labute approximate surface area is 184 Å². The zero-order valence-corrected chi connectivity index (χ0v) is 18.9. The summed E-state index contributed by atoms with van der Waals surface area (Å²) in [5, 5.41) is 13.0. The van der Waals surface area contributed by atoms with E-state index in [-0.39, 0.29) is 21.8 Å². The minimum absolute atomic E-state index is 0.00437. The molecule has 0 radical (unpaired) electrons. The summed E-state index contributed by atoms with van der Waals surface area (Å²) in [6, 6.07) is 2.06. The molecular formula is C20H22F2N3O4S2-. The van der Waals surface area contributed by atoms with Crippen LogP contribution in [0.15, 0.2) is 39.1 Å². The molecule has 1 aromatic heterocycles. The number of allylic oxidation sites excluding steroid dienone is 2. The van der Waals surface area contributed by atoms with Crippen molar-refractivity contribution in [2.75, 3.05) is 5.32 Å². The molecule has 0 spiro atoms. The molecule has 7 nitrogen and oxygen atoms in total. The lowest BCUT2D eigenvalue weighted by atomic mass is 9.94. The largest absolute Gasteiger partial charge is 0.439 e. The van der Waals surface area contributed by atoms with Crippen LogP contribution in [0.25, 0.3) is 0 Å². The molecule has 1 aliphatic carbocycles. The maximum atomic E-state index is 12.7. The fourth-order valence-corrected chi connectivity index (χ4v) is 4.54. The predicted molar refractivity (Wildman–Crippen MR) is 114 cm³/mol. The molecule has 0 saturated heterocycles. The SMILES string of the molecule is CC(C)c1cc(OC(F)F)cc(C2C=C2)c1NC(=O)N=[S-](=O)c1cnc(C(C)(C)O)s1. The highest BCUT2D eigenvalue weighted by molar-refractivity contribution is 7.78. The standard InChI is InChI=1S/C20H22F2N3O4S2/c1-10(2)13-7-12(29-18(21)22)8-14(11-5-6-11)16(13)24-19(26)25-31(28)15-9-23-17(30-15)20(3,4)27/h5-11,18,27H,1-4H3,(H,24,26)/q-1. The fourth-order valence-electron chi connectivity index (χ4n) is 2.83. The first-order valence-electron chi connectivity index (χ1n) is 9.40. The number of aromatic nitrogens is 1. The summed E-state index contributed by atoms with van der Waals surface area (Å²) in [7, 11) is -2.01. The number of nitrogens with one attached hydrogen (secondary N) is 1. The summed E-state index contributed by atoms with van der Waals surface area (Å²) >= 11 is 0.997. The van der Waals surface area contributed by atoms with Crippen LogP contribution >= 0.6 is 11.3 Å². The zero-order valence-electron chi connectivity index (χ0n) is 17.3. The van der Waals surface area contributed by atoms with Crippen molar-refractivity contribution in [1.82, 2.24) is 4.98 Å². The van der Waals surface area contributed by atoms with Gasteiger partial charge in [0.15, 0.2) is 0 Å². The highest BCUT2D eigenvalue weighted by atomic mass is 32.2. The molecule has 0 saturated carbocycles. The van der Waals surface area contributed by atoms with Crippen molar-refractivity contribution >= 4 is 33.7 Å². The Morgan fingerprint density at radius 2 is 2.03 bits per heavy atom. The van der Waals surface area contributed by atoms with Gasteiger partial charge in [-0.25, -0.2) is 9.78 Å². The Balaban J connectivity index is 1.90. The number of thiazole rings is 1. The summed E-state index contributed by atoms with van der Waals surface area (Å²) in [6.45, 7) is 3.83. The number of benzene rings is 1. The van der Waals surface area contributed by atoms with E-state index in [1.54, 1.807) is 13.8 Å². The van der Waals surface area contributed by atoms with Gasteiger partial charge in [0.25, 0.3) is 0 Å². The van der Waals surface area contributed by atoms with E-state index in [1.165, 1.54) is 18.3 Å². The Hall–Kier alpha value is -2.37. The van der Waals surface area contributed by atoms with Crippen molar-refractivity contribution in [2.45, 2.75) is 56.0 Å². The number of rotatable bonds is 7. The lowest BCUT2D eigenvalue weighted by molar-refractivity contribution is -0.0499. The first-order chi connectivity index (χ1) is 14.5. The van der Waals surface area contributed by atoms with Crippen molar-refractivity contribution in [3.8, 4) is 5.75 Å². The molecule has 0 atom stereocenters. The lowest BCUT2D eigenvalue weighted by Crippen LogP contribution is -2.14. The lowest BCUT2D eigenvalue weighted by Gasteiger charge is -2.20. The Kier molecular flexibility index (Phi) is 6.77. The molecule has 1 aliphatic rings. The highest BCUT2D eigenvalue weighted by Crippen LogP contribution is 2.42. The van der Waals surface area contributed by atoms with Gasteiger partial charge in [-0.2, -0.15) is 8.78 Å². The van der Waals surface area contributed by atoms with Crippen LogP contribution in [0.3, 0.4) is 0 Å². The van der Waals surface area contributed by atoms with E-state index in [1.807, 2.05) is 26.0 Å². The van der Waals surface area contributed by atoms with Gasteiger partial charge in [-0.1, -0.05) is 26.0 Å². The molecule has 2 aromatic rings. The number of urea groups is 1. The first kappa shape index (κ1) is 23.3. The summed E-state index contributed by atoms with van der Waals surface area (Å²) in [5.74, 6) is -0.226. The smallest absolute Gasteiger partial charge is 0.387 e. The molecule has 11 heteroatoms. The quantitative estimate of drug-likeness (QED) is 0.412. The number of alkyl halides is 2. The number of nitrogens with zero attached hydrogens (tertiary/aromatic N) is 2. The van der Waals surface area contributed by atoms with E-state index in [0.29, 0.717) is 21.8 Å². The zero-order chi connectivity index (χ0) is 22.9. The highest BCUT2D eigenvalue weighted by Gasteiger charge is 2.24. The minimum atomic E-state index is -2.97. The van der Waals surface area contributed by atoms with E-state index < -0.39 is 28.8 Å². The van der Waals surface area contributed by atoms with Gasteiger partial charge in [-0.3, -0.25) is 0 Å². The third-order valence-electron chi connectivity index (χ3n) is 4.34. The molecule has 1 heterocycles. The van der Waals surface area contributed by atoms with Crippen LogP contribution in [-0.2, 0) is 20.4 Å². The number of hydrogen-bond acceptors (Lipinski definition) is 7. The van der Waals surface area contributed by atoms with Crippen LogP contribution in [-0.4, -0.2) is 22.7 Å². The van der Waals surface area contributed by atoms with Gasteiger partial charge in [-0.15, -0.1) is 21.9 Å². The van der Waals surface area contributed by atoms with Gasteiger partial charge in [0.2, 0.25) is 0 Å². The van der Waals surface area contributed by atoms with Crippen molar-refractivity contribution < 1.29 is 27.6 Å². The van der Waals surface area contributed by atoms with Crippen LogP contribution in [0.5, 0.6) is 5.75 Å². The fraction of sp³-hybridized carbons (Fsp3) is 0.400. The Morgan fingerprint density at radius 1 is 1.35 bits per heavy atom. The predicted octanol–water partition coefficient (Wildman–Crippen LogP) is 5.49. The molecule has 0 bridgehead atoms. The third-order valence-corrected chi connectivity index (χ3v) is 6.91. The monoisotopic (exact) mass is 470 g/mol. The normalized spacial score (nSPS) is 15.0. The number of ether oxygens (including phenoxy) is 1. The summed E-state index contributed by atoms with van der Waals surface area (Å²) in [5.41, 5.74) is 0.422. The molecule has 0 fully saturated rings. The van der Waals surface area contributed by atoms with Gasteiger partial charge in [-0.05, 0) is 47.2 Å². The number of halogens is 2. The summed E-state index contributed by atoms with van der Waals surface area (Å²) < 4.78 is 46.4. The van der Waals surface area contributed by atoms with Crippen LogP contribution in [0.1, 0.15) is 55.7 Å². The van der Waals surface area contributed by atoms with E-state index in [2.05, 4.69) is 19.4 Å². The van der Waals surface area contributed by atoms with Crippen molar-refractivity contribution in [3.05, 3.63) is 46.6 Å². The number of amides is 2. The Morgan fingerprint density at radius 3 is 2.55 bits per heavy atom. The van der Waals surface area contributed by atoms with E-state index in [4.69, 9.17) is 0 Å². The first-order valence-corrected chi connectivity index (χ1v) is 11.3. The second-order valence-corrected chi connectivity index (χ2v) is 10.1. The van der Waals surface area contributed by atoms with E-state index in [9.17, 15) is 22.9 Å². The van der Waals surface area contributed by atoms with Gasteiger partial charge in [0.05, 0.1) is 5.69 Å². The average Bonchev–Trinajstić information content (AvgIpc) is 3.35. The molecular weight excluding hydrogens is 448 g/mol. The van der Waals surface area contributed by atoms with Crippen molar-refractivity contribution in [1.29, 1.82) is 0 Å². The topological polar surface area (TPSA) is 101 Å². The maximum Gasteiger partial charge on any atom is 0.387 e. The minimum Gasteiger partial charge on any atom is -0.439 e. The maximum absolute atomic E-state index is 12.7. The van der Waals surface area contributed by atoms with Crippen LogP contribution in [0.4, 0.5) is 19.3 Å². The third kappa shape index (κ3) is 5.86.